The molecule has 1 aromatic carbocycles. The zero-order valence-electron chi connectivity index (χ0n) is 17.8. The first-order chi connectivity index (χ1) is 14.4. The maximum Gasteiger partial charge on any atom is 0.329 e. The van der Waals surface area contributed by atoms with Crippen molar-refractivity contribution >= 4 is 23.7 Å². The van der Waals surface area contributed by atoms with Crippen LogP contribution in [0.3, 0.4) is 0 Å². The van der Waals surface area contributed by atoms with Gasteiger partial charge in [0, 0.05) is 13.1 Å². The van der Waals surface area contributed by atoms with Crippen molar-refractivity contribution < 1.29 is 23.9 Å². The van der Waals surface area contributed by atoms with E-state index >= 15 is 0 Å². The lowest BCUT2D eigenvalue weighted by atomic mass is 10.0. The van der Waals surface area contributed by atoms with E-state index in [1.54, 1.807) is 29.2 Å². The predicted molar refractivity (Wildman–Crippen MR) is 111 cm³/mol. The van der Waals surface area contributed by atoms with E-state index in [0.29, 0.717) is 24.2 Å². The highest BCUT2D eigenvalue weighted by atomic mass is 16.5. The van der Waals surface area contributed by atoms with Gasteiger partial charge in [-0.3, -0.25) is 19.3 Å². The molecule has 2 aliphatic rings. The minimum Gasteiger partial charge on any atom is -0.454 e. The van der Waals surface area contributed by atoms with Gasteiger partial charge in [0.1, 0.15) is 6.04 Å². The SMILES string of the molecule is CC(C)C[C@@H](C(=O)OCC(=O)N1CCCCCCC1)N1C(=O)c2ccccc2C1=O. The fourth-order valence-electron chi connectivity index (χ4n) is 4.06. The second kappa shape index (κ2) is 9.87. The molecule has 3 rings (SSSR count). The molecule has 0 radical (unpaired) electrons. The molecule has 162 valence electrons. The average Bonchev–Trinajstić information content (AvgIpc) is 2.94. The van der Waals surface area contributed by atoms with Gasteiger partial charge in [-0.2, -0.15) is 0 Å². The number of benzene rings is 1. The first-order valence-corrected chi connectivity index (χ1v) is 10.8. The summed E-state index contributed by atoms with van der Waals surface area (Å²) in [4.78, 5) is 53.8. The van der Waals surface area contributed by atoms with Crippen LogP contribution in [0.15, 0.2) is 24.3 Å². The van der Waals surface area contributed by atoms with Crippen molar-refractivity contribution in [1.82, 2.24) is 9.80 Å². The summed E-state index contributed by atoms with van der Waals surface area (Å²) in [6.07, 6.45) is 5.56. The summed E-state index contributed by atoms with van der Waals surface area (Å²) in [6.45, 7) is 4.79. The zero-order valence-corrected chi connectivity index (χ0v) is 17.8. The molecule has 0 saturated carbocycles. The average molecular weight is 415 g/mol. The summed E-state index contributed by atoms with van der Waals surface area (Å²) in [5.41, 5.74) is 0.585. The highest BCUT2D eigenvalue weighted by Gasteiger charge is 2.43. The summed E-state index contributed by atoms with van der Waals surface area (Å²) in [6, 6.07) is 5.49. The number of carbonyl (C=O) groups is 4. The minimum atomic E-state index is -1.04. The number of likely N-dealkylation sites (tertiary alicyclic amines) is 1. The summed E-state index contributed by atoms with van der Waals surface area (Å²) in [5.74, 6) is -1.87. The summed E-state index contributed by atoms with van der Waals surface area (Å²) in [5, 5.41) is 0. The molecule has 1 fully saturated rings. The number of rotatable bonds is 6. The first-order valence-electron chi connectivity index (χ1n) is 10.8. The Morgan fingerprint density at radius 3 is 2.00 bits per heavy atom. The molecule has 2 heterocycles. The Bertz CT molecular complexity index is 777. The van der Waals surface area contributed by atoms with Gasteiger partial charge in [-0.1, -0.05) is 45.2 Å². The van der Waals surface area contributed by atoms with Crippen molar-refractivity contribution in [3.63, 3.8) is 0 Å². The molecule has 0 bridgehead atoms. The maximum atomic E-state index is 12.9. The van der Waals surface area contributed by atoms with E-state index in [1.165, 1.54) is 6.42 Å². The Hall–Kier alpha value is -2.70. The smallest absolute Gasteiger partial charge is 0.329 e. The Balaban J connectivity index is 1.68. The minimum absolute atomic E-state index is 0.0527. The molecule has 3 amide bonds. The van der Waals surface area contributed by atoms with Gasteiger partial charge in [0.15, 0.2) is 6.61 Å². The number of fused-ring (bicyclic) bond motifs is 1. The molecule has 1 atom stereocenters. The van der Waals surface area contributed by atoms with Crippen molar-refractivity contribution in [2.75, 3.05) is 19.7 Å². The number of hydrogen-bond donors (Lipinski definition) is 0. The van der Waals surface area contributed by atoms with Crippen LogP contribution in [0.2, 0.25) is 0 Å². The summed E-state index contributed by atoms with van der Waals surface area (Å²) in [7, 11) is 0. The Labute approximate surface area is 177 Å². The largest absolute Gasteiger partial charge is 0.454 e. The van der Waals surface area contributed by atoms with Crippen molar-refractivity contribution in [1.29, 1.82) is 0 Å². The molecule has 0 aromatic heterocycles. The zero-order chi connectivity index (χ0) is 21.7. The van der Waals surface area contributed by atoms with Crippen LogP contribution in [0.25, 0.3) is 0 Å². The van der Waals surface area contributed by atoms with Crippen molar-refractivity contribution in [2.24, 2.45) is 5.92 Å². The van der Waals surface area contributed by atoms with Crippen LogP contribution in [-0.2, 0) is 14.3 Å². The molecule has 2 aliphatic heterocycles. The summed E-state index contributed by atoms with van der Waals surface area (Å²) < 4.78 is 5.32. The topological polar surface area (TPSA) is 84.0 Å². The van der Waals surface area contributed by atoms with Gasteiger partial charge in [0.25, 0.3) is 17.7 Å². The highest BCUT2D eigenvalue weighted by Crippen LogP contribution is 2.27. The third-order valence-corrected chi connectivity index (χ3v) is 5.65. The van der Waals surface area contributed by atoms with Crippen LogP contribution >= 0.6 is 0 Å². The van der Waals surface area contributed by atoms with Crippen molar-refractivity contribution in [3.8, 4) is 0 Å². The second-order valence-electron chi connectivity index (χ2n) is 8.43. The predicted octanol–water partition coefficient (Wildman–Crippen LogP) is 3.03. The van der Waals surface area contributed by atoms with Crippen molar-refractivity contribution in [2.45, 2.75) is 58.4 Å². The molecular weight excluding hydrogens is 384 g/mol. The molecule has 0 aliphatic carbocycles. The molecule has 0 unspecified atom stereocenters. The Morgan fingerprint density at radius 2 is 1.47 bits per heavy atom. The number of esters is 1. The quantitative estimate of drug-likeness (QED) is 0.528. The van der Waals surface area contributed by atoms with E-state index in [4.69, 9.17) is 4.74 Å². The molecule has 0 N–H and O–H groups in total. The number of amides is 3. The van der Waals surface area contributed by atoms with E-state index in [0.717, 1.165) is 30.6 Å². The Morgan fingerprint density at radius 1 is 0.933 bits per heavy atom. The molecule has 30 heavy (non-hydrogen) atoms. The number of nitrogens with zero attached hydrogens (tertiary/aromatic N) is 2. The molecule has 0 spiro atoms. The van der Waals surface area contributed by atoms with E-state index in [-0.39, 0.29) is 24.9 Å². The van der Waals surface area contributed by atoms with Gasteiger partial charge in [0.05, 0.1) is 11.1 Å². The Kier molecular flexibility index (Phi) is 7.24. The lowest BCUT2D eigenvalue weighted by molar-refractivity contribution is -0.155. The standard InChI is InChI=1S/C23H30N2O5/c1-16(2)14-19(25-21(27)17-10-6-7-11-18(17)22(25)28)23(29)30-15-20(26)24-12-8-4-3-5-9-13-24/h6-7,10-11,16,19H,3-5,8-9,12-15H2,1-2H3/t19-/m0/s1. The maximum absolute atomic E-state index is 12.9. The third-order valence-electron chi connectivity index (χ3n) is 5.65. The molecule has 1 saturated heterocycles. The van der Waals surface area contributed by atoms with Crippen LogP contribution in [0.4, 0.5) is 0 Å². The van der Waals surface area contributed by atoms with Crippen LogP contribution in [-0.4, -0.2) is 59.2 Å². The summed E-state index contributed by atoms with van der Waals surface area (Å²) >= 11 is 0. The lowest BCUT2D eigenvalue weighted by Gasteiger charge is -2.27. The molecule has 1 aromatic rings. The van der Waals surface area contributed by atoms with Crippen LogP contribution in [0.5, 0.6) is 0 Å². The van der Waals surface area contributed by atoms with Crippen LogP contribution < -0.4 is 0 Å². The number of carbonyl (C=O) groups excluding carboxylic acids is 4. The number of imide groups is 1. The van der Waals surface area contributed by atoms with Gasteiger partial charge < -0.3 is 9.64 Å². The fourth-order valence-corrected chi connectivity index (χ4v) is 4.06. The number of ether oxygens (including phenoxy) is 1. The van der Waals surface area contributed by atoms with E-state index in [9.17, 15) is 19.2 Å². The normalized spacial score (nSPS) is 18.1. The van der Waals surface area contributed by atoms with Gasteiger partial charge in [-0.25, -0.2) is 4.79 Å². The van der Waals surface area contributed by atoms with E-state index < -0.39 is 23.8 Å². The van der Waals surface area contributed by atoms with Gasteiger partial charge >= 0.3 is 5.97 Å². The van der Waals surface area contributed by atoms with E-state index in [1.807, 2.05) is 13.8 Å². The lowest BCUT2D eigenvalue weighted by Crippen LogP contribution is -2.47. The monoisotopic (exact) mass is 414 g/mol. The van der Waals surface area contributed by atoms with E-state index in [2.05, 4.69) is 0 Å². The highest BCUT2D eigenvalue weighted by molar-refractivity contribution is 6.22. The van der Waals surface area contributed by atoms with Crippen LogP contribution in [0, 0.1) is 5.92 Å². The molecular formula is C23H30N2O5. The van der Waals surface area contributed by atoms with Crippen LogP contribution in [0.1, 0.15) is 73.1 Å². The van der Waals surface area contributed by atoms with Gasteiger partial charge in [-0.15, -0.1) is 0 Å². The first kappa shape index (κ1) is 22.0. The molecule has 7 nitrogen and oxygen atoms in total. The molecule has 7 heteroatoms. The fraction of sp³-hybridized carbons (Fsp3) is 0.565. The van der Waals surface area contributed by atoms with Gasteiger partial charge in [-0.05, 0) is 37.3 Å². The number of hydrogen-bond acceptors (Lipinski definition) is 5. The van der Waals surface area contributed by atoms with Crippen molar-refractivity contribution in [3.05, 3.63) is 35.4 Å². The second-order valence-corrected chi connectivity index (χ2v) is 8.43. The third kappa shape index (κ3) is 4.89. The van der Waals surface area contributed by atoms with Gasteiger partial charge in [0.2, 0.25) is 0 Å².